The van der Waals surface area contributed by atoms with Gasteiger partial charge >= 0.3 is 6.18 Å². The van der Waals surface area contributed by atoms with E-state index in [2.05, 4.69) is 9.97 Å². The summed E-state index contributed by atoms with van der Waals surface area (Å²) in [6.45, 7) is 1.97. The maximum absolute atomic E-state index is 12.7. The first-order valence-electron chi connectivity index (χ1n) is 6.11. The van der Waals surface area contributed by atoms with Crippen LogP contribution in [0, 0.1) is 0 Å². The summed E-state index contributed by atoms with van der Waals surface area (Å²) < 4.78 is 38.1. The summed E-state index contributed by atoms with van der Waals surface area (Å²) in [6, 6.07) is 6.49. The van der Waals surface area contributed by atoms with Gasteiger partial charge < -0.3 is 0 Å². The number of aryl methyl sites for hydroxylation is 1. The maximum Gasteiger partial charge on any atom is 0.416 e. The highest BCUT2D eigenvalue weighted by Gasteiger charge is 2.30. The van der Waals surface area contributed by atoms with E-state index in [9.17, 15) is 13.2 Å². The molecule has 0 aliphatic carbocycles. The van der Waals surface area contributed by atoms with Crippen molar-refractivity contribution >= 4 is 11.6 Å². The van der Waals surface area contributed by atoms with Gasteiger partial charge in [-0.2, -0.15) is 13.2 Å². The molecular weight excluding hydrogens is 289 g/mol. The Labute approximate surface area is 119 Å². The maximum atomic E-state index is 12.7. The number of hydrogen-bond donors (Lipinski definition) is 0. The highest BCUT2D eigenvalue weighted by Crippen LogP contribution is 2.32. The van der Waals surface area contributed by atoms with Crippen LogP contribution in [0.3, 0.4) is 0 Å². The Bertz CT molecular complexity index is 612. The average Bonchev–Trinajstić information content (AvgIpc) is 2.37. The Hall–Kier alpha value is -1.62. The van der Waals surface area contributed by atoms with E-state index in [1.54, 1.807) is 6.07 Å². The monoisotopic (exact) mass is 300 g/mol. The van der Waals surface area contributed by atoms with Crippen LogP contribution in [-0.2, 0) is 12.6 Å². The third-order valence-corrected chi connectivity index (χ3v) is 2.89. The molecule has 2 rings (SSSR count). The summed E-state index contributed by atoms with van der Waals surface area (Å²) in [5, 5.41) is 0.232. The molecule has 0 aliphatic heterocycles. The van der Waals surface area contributed by atoms with Crippen LogP contribution in [-0.4, -0.2) is 9.97 Å². The largest absolute Gasteiger partial charge is 0.416 e. The molecule has 0 amide bonds. The van der Waals surface area contributed by atoms with E-state index in [4.69, 9.17) is 11.6 Å². The quantitative estimate of drug-likeness (QED) is 0.763. The van der Waals surface area contributed by atoms with Gasteiger partial charge in [-0.15, -0.1) is 0 Å². The van der Waals surface area contributed by atoms with Crippen LogP contribution in [0.4, 0.5) is 13.2 Å². The minimum Gasteiger partial charge on any atom is -0.233 e. The molecule has 0 spiro atoms. The Morgan fingerprint density at radius 3 is 2.55 bits per heavy atom. The van der Waals surface area contributed by atoms with Crippen molar-refractivity contribution in [1.29, 1.82) is 0 Å². The van der Waals surface area contributed by atoms with Crippen molar-refractivity contribution in [3.63, 3.8) is 0 Å². The van der Waals surface area contributed by atoms with Crippen LogP contribution in [0.2, 0.25) is 5.15 Å². The Kier molecular flexibility index (Phi) is 4.28. The van der Waals surface area contributed by atoms with Gasteiger partial charge in [0.05, 0.1) is 11.3 Å². The van der Waals surface area contributed by atoms with Crippen molar-refractivity contribution in [3.8, 4) is 11.3 Å². The standard InChI is InChI=1S/C14H12ClF3N2/c1-2-4-13-19-11(8-12(15)20-13)9-5-3-6-10(7-9)14(16,17)18/h3,5-8H,2,4H2,1H3. The van der Waals surface area contributed by atoms with Crippen LogP contribution in [0.1, 0.15) is 24.7 Å². The smallest absolute Gasteiger partial charge is 0.233 e. The minimum atomic E-state index is -4.38. The molecule has 20 heavy (non-hydrogen) atoms. The number of rotatable bonds is 3. The number of halogens is 4. The van der Waals surface area contributed by atoms with Gasteiger partial charge in [-0.25, -0.2) is 9.97 Å². The van der Waals surface area contributed by atoms with Crippen molar-refractivity contribution in [2.45, 2.75) is 25.9 Å². The highest BCUT2D eigenvalue weighted by molar-refractivity contribution is 6.29. The minimum absolute atomic E-state index is 0.232. The zero-order chi connectivity index (χ0) is 14.8. The van der Waals surface area contributed by atoms with Crippen molar-refractivity contribution in [2.24, 2.45) is 0 Å². The fourth-order valence-electron chi connectivity index (χ4n) is 1.80. The molecule has 0 aliphatic rings. The molecule has 0 saturated heterocycles. The molecule has 0 N–H and O–H groups in total. The molecule has 2 aromatic rings. The second kappa shape index (κ2) is 5.79. The summed E-state index contributed by atoms with van der Waals surface area (Å²) in [4.78, 5) is 8.31. The van der Waals surface area contributed by atoms with Crippen LogP contribution < -0.4 is 0 Å². The first-order valence-corrected chi connectivity index (χ1v) is 6.49. The average molecular weight is 301 g/mol. The van der Waals surface area contributed by atoms with Crippen LogP contribution in [0.15, 0.2) is 30.3 Å². The van der Waals surface area contributed by atoms with E-state index < -0.39 is 11.7 Å². The van der Waals surface area contributed by atoms with Crippen molar-refractivity contribution in [1.82, 2.24) is 9.97 Å². The lowest BCUT2D eigenvalue weighted by Gasteiger charge is -2.09. The molecule has 0 atom stereocenters. The fourth-order valence-corrected chi connectivity index (χ4v) is 2.00. The zero-order valence-electron chi connectivity index (χ0n) is 10.7. The van der Waals surface area contributed by atoms with Gasteiger partial charge in [-0.3, -0.25) is 0 Å². The fraction of sp³-hybridized carbons (Fsp3) is 0.286. The van der Waals surface area contributed by atoms with Crippen molar-refractivity contribution in [2.75, 3.05) is 0 Å². The Morgan fingerprint density at radius 2 is 1.90 bits per heavy atom. The molecule has 1 aromatic carbocycles. The normalized spacial score (nSPS) is 11.7. The molecule has 0 fully saturated rings. The third kappa shape index (κ3) is 3.48. The first-order chi connectivity index (χ1) is 9.40. The van der Waals surface area contributed by atoms with Gasteiger partial charge in [0, 0.05) is 18.1 Å². The Morgan fingerprint density at radius 1 is 1.15 bits per heavy atom. The van der Waals surface area contributed by atoms with Gasteiger partial charge in [0.25, 0.3) is 0 Å². The van der Waals surface area contributed by atoms with E-state index in [1.165, 1.54) is 12.1 Å². The molecule has 1 aromatic heterocycles. The number of aromatic nitrogens is 2. The molecule has 106 valence electrons. The molecule has 6 heteroatoms. The van der Waals surface area contributed by atoms with Gasteiger partial charge in [0.1, 0.15) is 11.0 Å². The lowest BCUT2D eigenvalue weighted by molar-refractivity contribution is -0.137. The topological polar surface area (TPSA) is 25.8 Å². The van der Waals surface area contributed by atoms with E-state index in [-0.39, 0.29) is 5.15 Å². The number of benzene rings is 1. The second-order valence-electron chi connectivity index (χ2n) is 4.32. The van der Waals surface area contributed by atoms with Crippen LogP contribution in [0.25, 0.3) is 11.3 Å². The molecule has 2 nitrogen and oxygen atoms in total. The molecule has 0 saturated carbocycles. The van der Waals surface area contributed by atoms with E-state index >= 15 is 0 Å². The summed E-state index contributed by atoms with van der Waals surface area (Å²) >= 11 is 5.89. The molecular formula is C14H12ClF3N2. The zero-order valence-corrected chi connectivity index (χ0v) is 11.5. The van der Waals surface area contributed by atoms with E-state index in [0.29, 0.717) is 23.5 Å². The van der Waals surface area contributed by atoms with Crippen LogP contribution in [0.5, 0.6) is 0 Å². The number of hydrogen-bond acceptors (Lipinski definition) is 2. The summed E-state index contributed by atoms with van der Waals surface area (Å²) in [6.07, 6.45) is -2.91. The van der Waals surface area contributed by atoms with Gasteiger partial charge in [0.2, 0.25) is 0 Å². The van der Waals surface area contributed by atoms with Gasteiger partial charge in [-0.05, 0) is 18.6 Å². The SMILES string of the molecule is CCCc1nc(Cl)cc(-c2cccc(C(F)(F)F)c2)n1. The molecule has 1 heterocycles. The first kappa shape index (κ1) is 14.8. The van der Waals surface area contributed by atoms with Crippen molar-refractivity contribution < 1.29 is 13.2 Å². The van der Waals surface area contributed by atoms with E-state index in [0.717, 1.165) is 18.6 Å². The van der Waals surface area contributed by atoms with Gasteiger partial charge in [-0.1, -0.05) is 30.7 Å². The Balaban J connectivity index is 2.46. The molecule has 0 bridgehead atoms. The predicted molar refractivity (Wildman–Crippen MR) is 71.5 cm³/mol. The lowest BCUT2D eigenvalue weighted by atomic mass is 10.1. The van der Waals surface area contributed by atoms with Gasteiger partial charge in [0.15, 0.2) is 0 Å². The van der Waals surface area contributed by atoms with Crippen molar-refractivity contribution in [3.05, 3.63) is 46.9 Å². The molecule has 0 radical (unpaired) electrons. The predicted octanol–water partition coefficient (Wildman–Crippen LogP) is 4.77. The number of nitrogens with zero attached hydrogens (tertiary/aromatic N) is 2. The lowest BCUT2D eigenvalue weighted by Crippen LogP contribution is -2.05. The highest BCUT2D eigenvalue weighted by atomic mass is 35.5. The third-order valence-electron chi connectivity index (χ3n) is 2.70. The second-order valence-corrected chi connectivity index (χ2v) is 4.71. The van der Waals surface area contributed by atoms with Crippen LogP contribution >= 0.6 is 11.6 Å². The van der Waals surface area contributed by atoms with E-state index in [1.807, 2.05) is 6.92 Å². The number of alkyl halides is 3. The summed E-state index contributed by atoms with van der Waals surface area (Å²) in [5.41, 5.74) is 0.0720. The summed E-state index contributed by atoms with van der Waals surface area (Å²) in [7, 11) is 0. The summed E-state index contributed by atoms with van der Waals surface area (Å²) in [5.74, 6) is 0.535. The molecule has 0 unspecified atom stereocenters.